The van der Waals surface area contributed by atoms with E-state index in [9.17, 15) is 0 Å². The summed E-state index contributed by atoms with van der Waals surface area (Å²) >= 11 is 0. The molecule has 0 aromatic rings. The van der Waals surface area contributed by atoms with Crippen LogP contribution < -0.4 is 0 Å². The SMILES string of the molecule is C=C(CC(C)(C)C)N(CC)CCCC. The van der Waals surface area contributed by atoms with E-state index in [0.717, 1.165) is 13.0 Å². The van der Waals surface area contributed by atoms with Gasteiger partial charge in [-0.3, -0.25) is 0 Å². The van der Waals surface area contributed by atoms with E-state index >= 15 is 0 Å². The summed E-state index contributed by atoms with van der Waals surface area (Å²) < 4.78 is 0. The van der Waals surface area contributed by atoms with Crippen molar-refractivity contribution in [1.82, 2.24) is 4.90 Å². The molecule has 1 heteroatoms. The fourth-order valence-electron chi connectivity index (χ4n) is 1.61. The summed E-state index contributed by atoms with van der Waals surface area (Å²) in [5.74, 6) is 0. The highest BCUT2D eigenvalue weighted by molar-refractivity contribution is 4.96. The smallest absolute Gasteiger partial charge is 0.0174 e. The molecule has 84 valence electrons. The van der Waals surface area contributed by atoms with Crippen LogP contribution in [-0.4, -0.2) is 18.0 Å². The lowest BCUT2D eigenvalue weighted by atomic mass is 9.90. The van der Waals surface area contributed by atoms with Gasteiger partial charge in [0, 0.05) is 18.8 Å². The topological polar surface area (TPSA) is 3.24 Å². The molecule has 1 nitrogen and oxygen atoms in total. The maximum Gasteiger partial charge on any atom is 0.0174 e. The highest BCUT2D eigenvalue weighted by Gasteiger charge is 2.15. The highest BCUT2D eigenvalue weighted by Crippen LogP contribution is 2.25. The zero-order chi connectivity index (χ0) is 11.2. The van der Waals surface area contributed by atoms with E-state index in [1.54, 1.807) is 0 Å². The summed E-state index contributed by atoms with van der Waals surface area (Å²) in [5.41, 5.74) is 1.66. The number of hydrogen-bond donors (Lipinski definition) is 0. The van der Waals surface area contributed by atoms with Gasteiger partial charge >= 0.3 is 0 Å². The molecule has 0 heterocycles. The summed E-state index contributed by atoms with van der Waals surface area (Å²) in [6, 6.07) is 0. The maximum atomic E-state index is 4.19. The summed E-state index contributed by atoms with van der Waals surface area (Å²) in [6.07, 6.45) is 3.64. The Labute approximate surface area is 90.2 Å². The Morgan fingerprint density at radius 2 is 1.79 bits per heavy atom. The normalized spacial score (nSPS) is 11.5. The van der Waals surface area contributed by atoms with Gasteiger partial charge in [-0.05, 0) is 25.2 Å². The minimum absolute atomic E-state index is 0.358. The molecule has 0 unspecified atom stereocenters. The van der Waals surface area contributed by atoms with E-state index in [0.29, 0.717) is 5.41 Å². The van der Waals surface area contributed by atoms with Crippen molar-refractivity contribution in [2.24, 2.45) is 5.41 Å². The van der Waals surface area contributed by atoms with Gasteiger partial charge in [-0.25, -0.2) is 0 Å². The molecule has 0 radical (unpaired) electrons. The number of allylic oxidation sites excluding steroid dienone is 1. The van der Waals surface area contributed by atoms with Crippen molar-refractivity contribution in [2.75, 3.05) is 13.1 Å². The third kappa shape index (κ3) is 6.06. The van der Waals surface area contributed by atoms with Crippen molar-refractivity contribution in [3.8, 4) is 0 Å². The van der Waals surface area contributed by atoms with E-state index < -0.39 is 0 Å². The van der Waals surface area contributed by atoms with Gasteiger partial charge in [0.25, 0.3) is 0 Å². The molecule has 0 fully saturated rings. The van der Waals surface area contributed by atoms with Crippen molar-refractivity contribution in [3.05, 3.63) is 12.3 Å². The molecule has 0 atom stereocenters. The van der Waals surface area contributed by atoms with Gasteiger partial charge < -0.3 is 4.90 Å². The minimum atomic E-state index is 0.358. The number of rotatable bonds is 6. The first kappa shape index (κ1) is 13.5. The summed E-state index contributed by atoms with van der Waals surface area (Å²) in [7, 11) is 0. The Bertz CT molecular complexity index is 165. The Kier molecular flexibility index (Phi) is 5.90. The van der Waals surface area contributed by atoms with E-state index in [4.69, 9.17) is 0 Å². The Morgan fingerprint density at radius 3 is 2.14 bits per heavy atom. The van der Waals surface area contributed by atoms with Crippen LogP contribution in [0.1, 0.15) is 53.9 Å². The van der Waals surface area contributed by atoms with Crippen LogP contribution in [-0.2, 0) is 0 Å². The lowest BCUT2D eigenvalue weighted by molar-refractivity contribution is 0.296. The fourth-order valence-corrected chi connectivity index (χ4v) is 1.61. The Morgan fingerprint density at radius 1 is 1.21 bits per heavy atom. The number of nitrogens with zero attached hydrogens (tertiary/aromatic N) is 1. The predicted molar refractivity (Wildman–Crippen MR) is 65.4 cm³/mol. The van der Waals surface area contributed by atoms with Crippen molar-refractivity contribution >= 4 is 0 Å². The van der Waals surface area contributed by atoms with Crippen LogP contribution in [0, 0.1) is 5.41 Å². The highest BCUT2D eigenvalue weighted by atomic mass is 15.1. The Balaban J connectivity index is 4.04. The van der Waals surface area contributed by atoms with Crippen LogP contribution in [0.3, 0.4) is 0 Å². The molecule has 0 saturated heterocycles. The molecule has 0 aliphatic rings. The summed E-state index contributed by atoms with van der Waals surface area (Å²) in [4.78, 5) is 2.41. The van der Waals surface area contributed by atoms with Crippen LogP contribution >= 0.6 is 0 Å². The molecule has 0 bridgehead atoms. The van der Waals surface area contributed by atoms with E-state index in [2.05, 4.69) is 46.1 Å². The van der Waals surface area contributed by atoms with Crippen LogP contribution in [0.15, 0.2) is 12.3 Å². The lowest BCUT2D eigenvalue weighted by Crippen LogP contribution is -2.25. The zero-order valence-corrected chi connectivity index (χ0v) is 10.7. The monoisotopic (exact) mass is 197 g/mol. The molecule has 0 N–H and O–H groups in total. The third-order valence-corrected chi connectivity index (χ3v) is 2.34. The quantitative estimate of drug-likeness (QED) is 0.620. The van der Waals surface area contributed by atoms with Gasteiger partial charge in [-0.15, -0.1) is 0 Å². The van der Waals surface area contributed by atoms with Crippen molar-refractivity contribution in [3.63, 3.8) is 0 Å². The second kappa shape index (κ2) is 6.10. The van der Waals surface area contributed by atoms with Crippen molar-refractivity contribution in [1.29, 1.82) is 0 Å². The van der Waals surface area contributed by atoms with Gasteiger partial charge in [-0.2, -0.15) is 0 Å². The zero-order valence-electron chi connectivity index (χ0n) is 10.7. The fraction of sp³-hybridized carbons (Fsp3) is 0.846. The van der Waals surface area contributed by atoms with E-state index in [-0.39, 0.29) is 0 Å². The standard InChI is InChI=1S/C13H27N/c1-7-9-10-14(8-2)12(3)11-13(4,5)6/h3,7-11H2,1-2,4-6H3. The molecule has 0 amide bonds. The second-order valence-corrected chi connectivity index (χ2v) is 5.24. The molecule has 0 aliphatic carbocycles. The molecular formula is C13H27N. The molecule has 14 heavy (non-hydrogen) atoms. The Hall–Kier alpha value is -0.460. The molecule has 0 aromatic heterocycles. The van der Waals surface area contributed by atoms with Crippen LogP contribution in [0.5, 0.6) is 0 Å². The third-order valence-electron chi connectivity index (χ3n) is 2.34. The maximum absolute atomic E-state index is 4.19. The van der Waals surface area contributed by atoms with Gasteiger partial charge in [0.05, 0.1) is 0 Å². The minimum Gasteiger partial charge on any atom is -0.376 e. The van der Waals surface area contributed by atoms with Crippen molar-refractivity contribution < 1.29 is 0 Å². The van der Waals surface area contributed by atoms with Crippen LogP contribution in [0.4, 0.5) is 0 Å². The van der Waals surface area contributed by atoms with Gasteiger partial charge in [-0.1, -0.05) is 40.7 Å². The van der Waals surface area contributed by atoms with Gasteiger partial charge in [0.15, 0.2) is 0 Å². The lowest BCUT2D eigenvalue weighted by Gasteiger charge is -2.29. The van der Waals surface area contributed by atoms with Crippen LogP contribution in [0.2, 0.25) is 0 Å². The average molecular weight is 197 g/mol. The van der Waals surface area contributed by atoms with E-state index in [1.807, 2.05) is 0 Å². The average Bonchev–Trinajstić information content (AvgIpc) is 2.02. The molecule has 0 saturated carbocycles. The first-order valence-corrected chi connectivity index (χ1v) is 5.83. The number of unbranched alkanes of at least 4 members (excludes halogenated alkanes) is 1. The molecule has 0 rings (SSSR count). The van der Waals surface area contributed by atoms with Gasteiger partial charge in [0.2, 0.25) is 0 Å². The molecule has 0 spiro atoms. The largest absolute Gasteiger partial charge is 0.376 e. The van der Waals surface area contributed by atoms with E-state index in [1.165, 1.54) is 25.1 Å². The molecule has 0 aromatic carbocycles. The number of hydrogen-bond acceptors (Lipinski definition) is 1. The van der Waals surface area contributed by atoms with Gasteiger partial charge in [0.1, 0.15) is 0 Å². The first-order chi connectivity index (χ1) is 6.40. The summed E-state index contributed by atoms with van der Waals surface area (Å²) in [6.45, 7) is 17.7. The molecule has 0 aliphatic heterocycles. The first-order valence-electron chi connectivity index (χ1n) is 5.83. The van der Waals surface area contributed by atoms with Crippen LogP contribution in [0.25, 0.3) is 0 Å². The predicted octanol–water partition coefficient (Wildman–Crippen LogP) is 4.06. The second-order valence-electron chi connectivity index (χ2n) is 5.24. The summed E-state index contributed by atoms with van der Waals surface area (Å²) in [5, 5.41) is 0. The molecular weight excluding hydrogens is 170 g/mol. The van der Waals surface area contributed by atoms with Crippen molar-refractivity contribution in [2.45, 2.75) is 53.9 Å².